The molecule has 1 rings (SSSR count). The van der Waals surface area contributed by atoms with E-state index < -0.39 is 11.9 Å². The molecule has 7 nitrogen and oxygen atoms in total. The molecule has 1 aromatic heterocycles. The number of aliphatic carboxylic acids is 1. The van der Waals surface area contributed by atoms with Crippen LogP contribution in [0.1, 0.15) is 30.3 Å². The first-order valence-electron chi connectivity index (χ1n) is 6.31. The van der Waals surface area contributed by atoms with Crippen LogP contribution in [0.5, 0.6) is 0 Å². The van der Waals surface area contributed by atoms with Crippen LogP contribution in [0.15, 0.2) is 21.2 Å². The van der Waals surface area contributed by atoms with Crippen molar-refractivity contribution in [3.05, 3.63) is 22.6 Å². The van der Waals surface area contributed by atoms with E-state index in [0.29, 0.717) is 11.1 Å². The number of nitrogens with zero attached hydrogens (tertiary/aromatic N) is 1. The molecule has 0 saturated heterocycles. The van der Waals surface area contributed by atoms with Crippen LogP contribution in [0.3, 0.4) is 0 Å². The van der Waals surface area contributed by atoms with Crippen LogP contribution in [0.2, 0.25) is 0 Å². The normalized spacial score (nSPS) is 11.8. The Kier molecular flexibility index (Phi) is 6.41. The Morgan fingerprint density at radius 3 is 2.62 bits per heavy atom. The lowest BCUT2D eigenvalue weighted by Crippen LogP contribution is -2.41. The molecule has 0 saturated carbocycles. The van der Waals surface area contributed by atoms with E-state index in [0.717, 1.165) is 0 Å². The average molecular weight is 361 g/mol. The SMILES string of the molecule is CC(CCC(=O)O)NC(=O)CN(C)C(=O)c1ccc(Br)o1. The Balaban J connectivity index is 2.43. The molecule has 0 aliphatic heterocycles. The third-order valence-electron chi connectivity index (χ3n) is 2.71. The summed E-state index contributed by atoms with van der Waals surface area (Å²) in [4.78, 5) is 35.4. The standard InChI is InChI=1S/C13H17BrN2O5/c1-8(3-6-12(18)19)15-11(17)7-16(2)13(20)9-4-5-10(14)21-9/h4-5,8H,3,6-7H2,1-2H3,(H,15,17)(H,18,19). The third kappa shape index (κ3) is 5.99. The summed E-state index contributed by atoms with van der Waals surface area (Å²) >= 11 is 3.10. The molecule has 0 aliphatic carbocycles. The molecule has 116 valence electrons. The van der Waals surface area contributed by atoms with Gasteiger partial charge in [-0.2, -0.15) is 0 Å². The van der Waals surface area contributed by atoms with E-state index >= 15 is 0 Å². The van der Waals surface area contributed by atoms with Gasteiger partial charge < -0.3 is 19.7 Å². The number of carbonyl (C=O) groups is 3. The van der Waals surface area contributed by atoms with E-state index in [1.54, 1.807) is 13.0 Å². The molecule has 0 fully saturated rings. The predicted octanol–water partition coefficient (Wildman–Crippen LogP) is 1.48. The van der Waals surface area contributed by atoms with Gasteiger partial charge in [0.2, 0.25) is 5.91 Å². The van der Waals surface area contributed by atoms with Crippen LogP contribution in [0, 0.1) is 0 Å². The van der Waals surface area contributed by atoms with Crippen molar-refractivity contribution in [2.24, 2.45) is 0 Å². The molecule has 1 heterocycles. The summed E-state index contributed by atoms with van der Waals surface area (Å²) in [6, 6.07) is 2.83. The number of hydrogen-bond donors (Lipinski definition) is 2. The predicted molar refractivity (Wildman–Crippen MR) is 77.8 cm³/mol. The zero-order valence-electron chi connectivity index (χ0n) is 11.8. The van der Waals surface area contributed by atoms with Crippen LogP contribution in [-0.4, -0.2) is 47.4 Å². The minimum Gasteiger partial charge on any atom is -0.481 e. The molecule has 0 radical (unpaired) electrons. The van der Waals surface area contributed by atoms with Crippen LogP contribution in [0.4, 0.5) is 0 Å². The first-order valence-corrected chi connectivity index (χ1v) is 7.11. The molecular weight excluding hydrogens is 344 g/mol. The molecule has 0 bridgehead atoms. The van der Waals surface area contributed by atoms with Crippen molar-refractivity contribution in [3.8, 4) is 0 Å². The molecule has 2 amide bonds. The lowest BCUT2D eigenvalue weighted by atomic mass is 10.2. The van der Waals surface area contributed by atoms with Crippen molar-refractivity contribution in [2.75, 3.05) is 13.6 Å². The zero-order valence-corrected chi connectivity index (χ0v) is 13.3. The molecule has 0 aromatic carbocycles. The van der Waals surface area contributed by atoms with E-state index in [9.17, 15) is 14.4 Å². The fraction of sp³-hybridized carbons (Fsp3) is 0.462. The monoisotopic (exact) mass is 360 g/mol. The highest BCUT2D eigenvalue weighted by Crippen LogP contribution is 2.15. The highest BCUT2D eigenvalue weighted by atomic mass is 79.9. The van der Waals surface area contributed by atoms with Gasteiger partial charge in [0.25, 0.3) is 5.91 Å². The minimum atomic E-state index is -0.910. The maximum atomic E-state index is 11.9. The molecule has 8 heteroatoms. The van der Waals surface area contributed by atoms with E-state index in [4.69, 9.17) is 9.52 Å². The van der Waals surface area contributed by atoms with Gasteiger partial charge in [0.05, 0.1) is 6.54 Å². The number of furan rings is 1. The number of likely N-dealkylation sites (N-methyl/N-ethyl adjacent to an activating group) is 1. The first-order chi connectivity index (χ1) is 9.79. The zero-order chi connectivity index (χ0) is 16.0. The van der Waals surface area contributed by atoms with E-state index in [1.165, 1.54) is 18.0 Å². The van der Waals surface area contributed by atoms with Gasteiger partial charge in [0, 0.05) is 19.5 Å². The van der Waals surface area contributed by atoms with Gasteiger partial charge in [0.15, 0.2) is 10.4 Å². The molecule has 0 aliphatic rings. The van der Waals surface area contributed by atoms with Crippen molar-refractivity contribution in [1.29, 1.82) is 0 Å². The highest BCUT2D eigenvalue weighted by molar-refractivity contribution is 9.10. The van der Waals surface area contributed by atoms with Gasteiger partial charge in [-0.1, -0.05) is 0 Å². The summed E-state index contributed by atoms with van der Waals surface area (Å²) in [5, 5.41) is 11.2. The summed E-state index contributed by atoms with van der Waals surface area (Å²) < 4.78 is 5.56. The molecule has 1 aromatic rings. The Hall–Kier alpha value is -1.83. The van der Waals surface area contributed by atoms with Crippen molar-refractivity contribution < 1.29 is 23.9 Å². The first kappa shape index (κ1) is 17.2. The molecule has 0 spiro atoms. The van der Waals surface area contributed by atoms with Gasteiger partial charge in [-0.05, 0) is 41.4 Å². The number of carboxylic acid groups (broad SMARTS) is 1. The topological polar surface area (TPSA) is 99.9 Å². The average Bonchev–Trinajstić information content (AvgIpc) is 2.81. The van der Waals surface area contributed by atoms with Gasteiger partial charge >= 0.3 is 5.97 Å². The third-order valence-corrected chi connectivity index (χ3v) is 3.14. The van der Waals surface area contributed by atoms with E-state index in [-0.39, 0.29) is 30.7 Å². The maximum Gasteiger partial charge on any atom is 0.303 e. The molecular formula is C13H17BrN2O5. The number of nitrogens with one attached hydrogen (secondary N) is 1. The lowest BCUT2D eigenvalue weighted by molar-refractivity contribution is -0.137. The van der Waals surface area contributed by atoms with Crippen molar-refractivity contribution in [1.82, 2.24) is 10.2 Å². The van der Waals surface area contributed by atoms with E-state index in [2.05, 4.69) is 21.2 Å². The minimum absolute atomic E-state index is 0.0172. The summed E-state index contributed by atoms with van der Waals surface area (Å²) in [6.45, 7) is 1.58. The van der Waals surface area contributed by atoms with Crippen LogP contribution in [0.25, 0.3) is 0 Å². The second-order valence-corrected chi connectivity index (χ2v) is 5.45. The van der Waals surface area contributed by atoms with Crippen LogP contribution in [-0.2, 0) is 9.59 Å². The van der Waals surface area contributed by atoms with Crippen molar-refractivity contribution >= 4 is 33.7 Å². The highest BCUT2D eigenvalue weighted by Gasteiger charge is 2.19. The Bertz CT molecular complexity index is 528. The van der Waals surface area contributed by atoms with Crippen molar-refractivity contribution in [3.63, 3.8) is 0 Å². The molecule has 21 heavy (non-hydrogen) atoms. The largest absolute Gasteiger partial charge is 0.481 e. The van der Waals surface area contributed by atoms with E-state index in [1.807, 2.05) is 0 Å². The second-order valence-electron chi connectivity index (χ2n) is 4.67. The number of carboxylic acids is 1. The Morgan fingerprint density at radius 1 is 1.43 bits per heavy atom. The number of rotatable bonds is 7. The smallest absolute Gasteiger partial charge is 0.303 e. The summed E-state index contributed by atoms with van der Waals surface area (Å²) in [5.74, 6) is -1.54. The van der Waals surface area contributed by atoms with Crippen LogP contribution >= 0.6 is 15.9 Å². The maximum absolute atomic E-state index is 11.9. The number of amides is 2. The van der Waals surface area contributed by atoms with Gasteiger partial charge in [-0.15, -0.1) is 0 Å². The lowest BCUT2D eigenvalue weighted by Gasteiger charge is -2.18. The summed E-state index contributed by atoms with van der Waals surface area (Å²) in [6.07, 6.45) is 0.320. The van der Waals surface area contributed by atoms with Gasteiger partial charge in [-0.3, -0.25) is 14.4 Å². The Morgan fingerprint density at radius 2 is 2.10 bits per heavy atom. The number of carbonyl (C=O) groups excluding carboxylic acids is 2. The second kappa shape index (κ2) is 7.82. The number of halogens is 1. The molecule has 2 N–H and O–H groups in total. The number of hydrogen-bond acceptors (Lipinski definition) is 4. The summed E-state index contributed by atoms with van der Waals surface area (Å²) in [7, 11) is 1.49. The fourth-order valence-electron chi connectivity index (χ4n) is 1.64. The summed E-state index contributed by atoms with van der Waals surface area (Å²) in [5.41, 5.74) is 0. The Labute approximate surface area is 130 Å². The van der Waals surface area contributed by atoms with Crippen molar-refractivity contribution in [2.45, 2.75) is 25.8 Å². The molecule has 1 unspecified atom stereocenters. The van der Waals surface area contributed by atoms with Gasteiger partial charge in [-0.25, -0.2) is 0 Å². The quantitative estimate of drug-likeness (QED) is 0.766. The fourth-order valence-corrected chi connectivity index (χ4v) is 1.94. The van der Waals surface area contributed by atoms with Crippen LogP contribution < -0.4 is 5.32 Å². The molecule has 1 atom stereocenters. The van der Waals surface area contributed by atoms with Gasteiger partial charge in [0.1, 0.15) is 0 Å².